The minimum atomic E-state index is -0.240. The third-order valence-corrected chi connectivity index (χ3v) is 2.56. The third kappa shape index (κ3) is 3.65. The second kappa shape index (κ2) is 4.77. The normalized spacial score (nSPS) is 11.5. The zero-order chi connectivity index (χ0) is 11.5. The van der Waals surface area contributed by atoms with Crippen LogP contribution in [0.2, 0.25) is 5.02 Å². The van der Waals surface area contributed by atoms with Gasteiger partial charge in [0.2, 0.25) is 0 Å². The summed E-state index contributed by atoms with van der Waals surface area (Å²) in [5.74, 6) is 0.130. The van der Waals surface area contributed by atoms with Crippen LogP contribution in [0.1, 0.15) is 26.3 Å². The highest BCUT2D eigenvalue weighted by atomic mass is 35.5. The molecule has 0 saturated carbocycles. The fourth-order valence-electron chi connectivity index (χ4n) is 1.32. The van der Waals surface area contributed by atoms with Crippen LogP contribution in [-0.2, 0) is 10.3 Å². The van der Waals surface area contributed by atoms with Crippen molar-refractivity contribution in [1.82, 2.24) is 5.32 Å². The number of hydrogen-bond acceptors (Lipinski definition) is 2. The second-order valence-electron chi connectivity index (χ2n) is 4.19. The Morgan fingerprint density at radius 2 is 2.13 bits per heavy atom. The van der Waals surface area contributed by atoms with Crippen molar-refractivity contribution in [2.45, 2.75) is 26.3 Å². The van der Waals surface area contributed by atoms with Crippen molar-refractivity contribution in [1.29, 1.82) is 0 Å². The summed E-state index contributed by atoms with van der Waals surface area (Å²) in [7, 11) is 0. The lowest BCUT2D eigenvalue weighted by Crippen LogP contribution is -2.39. The lowest BCUT2D eigenvalue weighted by Gasteiger charge is -2.26. The largest absolute Gasteiger partial charge is 0.301 e. The Labute approximate surface area is 95.6 Å². The van der Waals surface area contributed by atoms with E-state index in [-0.39, 0.29) is 11.3 Å². The zero-order valence-corrected chi connectivity index (χ0v) is 10.1. The van der Waals surface area contributed by atoms with E-state index in [0.29, 0.717) is 11.6 Å². The number of benzene rings is 1. The Kier molecular flexibility index (Phi) is 3.89. The van der Waals surface area contributed by atoms with E-state index >= 15 is 0 Å². The van der Waals surface area contributed by atoms with Gasteiger partial charge in [-0.1, -0.05) is 23.7 Å². The molecule has 0 saturated heterocycles. The highest BCUT2D eigenvalue weighted by molar-refractivity contribution is 6.30. The molecule has 0 aliphatic carbocycles. The Morgan fingerprint density at radius 1 is 1.47 bits per heavy atom. The molecule has 1 aromatic rings. The smallest absolute Gasteiger partial charge is 0.143 e. The van der Waals surface area contributed by atoms with Crippen LogP contribution in [0, 0.1) is 0 Å². The van der Waals surface area contributed by atoms with E-state index in [0.717, 1.165) is 5.56 Å². The first-order valence-electron chi connectivity index (χ1n) is 4.92. The van der Waals surface area contributed by atoms with Gasteiger partial charge in [-0.15, -0.1) is 0 Å². The van der Waals surface area contributed by atoms with Crippen LogP contribution in [0.15, 0.2) is 24.3 Å². The maximum atomic E-state index is 10.9. The summed E-state index contributed by atoms with van der Waals surface area (Å²) in [6.45, 7) is 6.00. The molecule has 0 bridgehead atoms. The van der Waals surface area contributed by atoms with Gasteiger partial charge in [0.25, 0.3) is 0 Å². The number of Topliss-reactive ketones (excluding diaryl/α,β-unsaturated/α-hetero) is 1. The average Bonchev–Trinajstić information content (AvgIpc) is 2.15. The van der Waals surface area contributed by atoms with Gasteiger partial charge in [-0.25, -0.2) is 0 Å². The number of halogens is 1. The maximum Gasteiger partial charge on any atom is 0.143 e. The average molecular weight is 226 g/mol. The molecule has 0 atom stereocenters. The molecule has 0 fully saturated rings. The van der Waals surface area contributed by atoms with E-state index in [2.05, 4.69) is 5.32 Å². The molecule has 1 N–H and O–H groups in total. The first-order valence-corrected chi connectivity index (χ1v) is 5.30. The van der Waals surface area contributed by atoms with Crippen LogP contribution in [0.25, 0.3) is 0 Å². The number of hydrogen-bond donors (Lipinski definition) is 1. The molecule has 0 radical (unpaired) electrons. The predicted molar refractivity (Wildman–Crippen MR) is 63.2 cm³/mol. The molecule has 1 aromatic carbocycles. The number of nitrogens with one attached hydrogen (secondary N) is 1. The lowest BCUT2D eigenvalue weighted by molar-refractivity contribution is -0.116. The number of rotatable bonds is 4. The minimum absolute atomic E-state index is 0.130. The van der Waals surface area contributed by atoms with Gasteiger partial charge in [0.1, 0.15) is 5.78 Å². The lowest BCUT2D eigenvalue weighted by atomic mass is 9.94. The van der Waals surface area contributed by atoms with Crippen LogP contribution >= 0.6 is 11.6 Å². The van der Waals surface area contributed by atoms with E-state index < -0.39 is 0 Å². The highest BCUT2D eigenvalue weighted by Gasteiger charge is 2.19. The van der Waals surface area contributed by atoms with Gasteiger partial charge < -0.3 is 5.32 Å². The van der Waals surface area contributed by atoms with Crippen LogP contribution in [0.4, 0.5) is 0 Å². The predicted octanol–water partition coefficient (Wildman–Crippen LogP) is 2.75. The molecule has 15 heavy (non-hydrogen) atoms. The molecule has 0 amide bonds. The zero-order valence-electron chi connectivity index (χ0n) is 9.30. The van der Waals surface area contributed by atoms with Gasteiger partial charge in [-0.3, -0.25) is 4.79 Å². The molecule has 0 spiro atoms. The van der Waals surface area contributed by atoms with Crippen molar-refractivity contribution >= 4 is 17.4 Å². The Balaban J connectivity index is 2.80. The molecule has 3 heteroatoms. The summed E-state index contributed by atoms with van der Waals surface area (Å²) in [6, 6.07) is 7.66. The summed E-state index contributed by atoms with van der Waals surface area (Å²) >= 11 is 5.92. The van der Waals surface area contributed by atoms with E-state index in [1.165, 1.54) is 0 Å². The Bertz CT molecular complexity index is 360. The standard InChI is InChI=1S/C12H16ClNO/c1-9(15)8-14-12(2,3)10-5-4-6-11(13)7-10/h4-7,14H,8H2,1-3H3. The molecule has 1 rings (SSSR count). The monoisotopic (exact) mass is 225 g/mol. The summed E-state index contributed by atoms with van der Waals surface area (Å²) in [5.41, 5.74) is 0.840. The van der Waals surface area contributed by atoms with E-state index in [4.69, 9.17) is 11.6 Å². The molecule has 82 valence electrons. The van der Waals surface area contributed by atoms with Crippen molar-refractivity contribution in [3.05, 3.63) is 34.9 Å². The molecule has 0 aliphatic heterocycles. The van der Waals surface area contributed by atoms with Crippen molar-refractivity contribution in [3.63, 3.8) is 0 Å². The summed E-state index contributed by atoms with van der Waals surface area (Å²) in [6.07, 6.45) is 0. The molecular weight excluding hydrogens is 210 g/mol. The maximum absolute atomic E-state index is 10.9. The van der Waals surface area contributed by atoms with Crippen molar-refractivity contribution in [2.24, 2.45) is 0 Å². The summed E-state index contributed by atoms with van der Waals surface area (Å²) in [4.78, 5) is 10.9. The first kappa shape index (κ1) is 12.2. The van der Waals surface area contributed by atoms with E-state index in [9.17, 15) is 4.79 Å². The molecule has 0 aromatic heterocycles. The Morgan fingerprint density at radius 3 is 2.67 bits per heavy atom. The number of carbonyl (C=O) groups is 1. The summed E-state index contributed by atoms with van der Waals surface area (Å²) < 4.78 is 0. The first-order chi connectivity index (χ1) is 6.92. The van der Waals surface area contributed by atoms with Gasteiger partial charge in [-0.05, 0) is 38.5 Å². The number of carbonyl (C=O) groups excluding carboxylic acids is 1. The van der Waals surface area contributed by atoms with Crippen LogP contribution in [0.5, 0.6) is 0 Å². The number of ketones is 1. The van der Waals surface area contributed by atoms with Gasteiger partial charge in [-0.2, -0.15) is 0 Å². The summed E-state index contributed by atoms with van der Waals surface area (Å²) in [5, 5.41) is 3.91. The van der Waals surface area contributed by atoms with Gasteiger partial charge >= 0.3 is 0 Å². The van der Waals surface area contributed by atoms with Crippen molar-refractivity contribution in [2.75, 3.05) is 6.54 Å². The van der Waals surface area contributed by atoms with Crippen molar-refractivity contribution in [3.8, 4) is 0 Å². The fraction of sp³-hybridized carbons (Fsp3) is 0.417. The van der Waals surface area contributed by atoms with E-state index in [1.54, 1.807) is 6.92 Å². The van der Waals surface area contributed by atoms with Crippen LogP contribution in [0.3, 0.4) is 0 Å². The molecule has 2 nitrogen and oxygen atoms in total. The molecule has 0 unspecified atom stereocenters. The van der Waals surface area contributed by atoms with Gasteiger partial charge in [0.05, 0.1) is 6.54 Å². The SMILES string of the molecule is CC(=O)CNC(C)(C)c1cccc(Cl)c1. The van der Waals surface area contributed by atoms with Crippen molar-refractivity contribution < 1.29 is 4.79 Å². The molecule has 0 aliphatic rings. The topological polar surface area (TPSA) is 29.1 Å². The second-order valence-corrected chi connectivity index (χ2v) is 4.63. The quantitative estimate of drug-likeness (QED) is 0.854. The fourth-order valence-corrected chi connectivity index (χ4v) is 1.52. The van der Waals surface area contributed by atoms with Crippen LogP contribution < -0.4 is 5.32 Å². The third-order valence-electron chi connectivity index (χ3n) is 2.33. The highest BCUT2D eigenvalue weighted by Crippen LogP contribution is 2.22. The Hall–Kier alpha value is -0.860. The van der Waals surface area contributed by atoms with E-state index in [1.807, 2.05) is 38.1 Å². The van der Waals surface area contributed by atoms with Gasteiger partial charge in [0, 0.05) is 10.6 Å². The molecule has 0 heterocycles. The van der Waals surface area contributed by atoms with Gasteiger partial charge in [0.15, 0.2) is 0 Å². The molecular formula is C12H16ClNO. The van der Waals surface area contributed by atoms with Crippen LogP contribution in [-0.4, -0.2) is 12.3 Å². The minimum Gasteiger partial charge on any atom is -0.301 e.